The summed E-state index contributed by atoms with van der Waals surface area (Å²) >= 11 is 0. The van der Waals surface area contributed by atoms with Gasteiger partial charge in [0.25, 0.3) is 0 Å². The molecule has 1 saturated heterocycles. The molecule has 0 aromatic heterocycles. The van der Waals surface area contributed by atoms with Crippen molar-refractivity contribution in [2.45, 2.75) is 26.2 Å². The summed E-state index contributed by atoms with van der Waals surface area (Å²) in [6.45, 7) is 4.93. The maximum atomic E-state index is 11.8. The van der Waals surface area contributed by atoms with Gasteiger partial charge in [0.05, 0.1) is 19.5 Å². The van der Waals surface area contributed by atoms with Crippen LogP contribution in [0.2, 0.25) is 0 Å². The van der Waals surface area contributed by atoms with E-state index in [1.165, 1.54) is 9.87 Å². The Morgan fingerprint density at radius 1 is 1.24 bits per heavy atom. The molecule has 8 nitrogen and oxygen atoms in total. The van der Waals surface area contributed by atoms with E-state index in [9.17, 15) is 8.42 Å². The second kappa shape index (κ2) is 13.1. The van der Waals surface area contributed by atoms with Crippen molar-refractivity contribution in [3.8, 4) is 11.5 Å². The van der Waals surface area contributed by atoms with Crippen molar-refractivity contribution in [3.05, 3.63) is 23.8 Å². The molecule has 0 radical (unpaired) electrons. The SMILES string of the molecule is CCOc1cc(CCCNC(=NC)NCCN2CCCS2(=O)=O)ccc1OC.I. The smallest absolute Gasteiger partial charge is 0.214 e. The molecular formula is C19H33IN4O4S. The van der Waals surface area contributed by atoms with Crippen molar-refractivity contribution in [3.63, 3.8) is 0 Å². The van der Waals surface area contributed by atoms with E-state index in [1.54, 1.807) is 14.2 Å². The van der Waals surface area contributed by atoms with Crippen LogP contribution in [0, 0.1) is 0 Å². The first-order valence-electron chi connectivity index (χ1n) is 9.72. The van der Waals surface area contributed by atoms with E-state index in [1.807, 2.05) is 25.1 Å². The number of hydrogen-bond acceptors (Lipinski definition) is 5. The molecule has 0 spiro atoms. The van der Waals surface area contributed by atoms with Crippen molar-refractivity contribution >= 4 is 40.0 Å². The number of aryl methyl sites for hydroxylation is 1. The molecule has 0 amide bonds. The first-order chi connectivity index (χ1) is 13.5. The second-order valence-corrected chi connectivity index (χ2v) is 8.60. The molecule has 29 heavy (non-hydrogen) atoms. The summed E-state index contributed by atoms with van der Waals surface area (Å²) in [7, 11) is 0.304. The van der Waals surface area contributed by atoms with Crippen molar-refractivity contribution in [2.24, 2.45) is 4.99 Å². The topological polar surface area (TPSA) is 92.3 Å². The average Bonchev–Trinajstić information content (AvgIpc) is 3.02. The summed E-state index contributed by atoms with van der Waals surface area (Å²) in [5.74, 6) is 2.45. The van der Waals surface area contributed by atoms with Crippen molar-refractivity contribution in [1.29, 1.82) is 0 Å². The van der Waals surface area contributed by atoms with Gasteiger partial charge >= 0.3 is 0 Å². The Bertz CT molecular complexity index is 759. The predicted octanol–water partition coefficient (Wildman–Crippen LogP) is 1.85. The van der Waals surface area contributed by atoms with Crippen LogP contribution in [0.4, 0.5) is 0 Å². The minimum atomic E-state index is -3.04. The van der Waals surface area contributed by atoms with Crippen molar-refractivity contribution < 1.29 is 17.9 Å². The Kier molecular flexibility index (Phi) is 11.7. The Morgan fingerprint density at radius 3 is 2.62 bits per heavy atom. The van der Waals surface area contributed by atoms with E-state index in [-0.39, 0.29) is 29.7 Å². The molecule has 0 unspecified atom stereocenters. The van der Waals surface area contributed by atoms with Gasteiger partial charge in [-0.15, -0.1) is 24.0 Å². The number of benzene rings is 1. The largest absolute Gasteiger partial charge is 0.493 e. The Labute approximate surface area is 191 Å². The summed E-state index contributed by atoms with van der Waals surface area (Å²) in [4.78, 5) is 4.18. The molecule has 0 saturated carbocycles. The van der Waals surface area contributed by atoms with Crippen LogP contribution in [0.5, 0.6) is 11.5 Å². The Morgan fingerprint density at radius 2 is 2.00 bits per heavy atom. The van der Waals surface area contributed by atoms with Gasteiger partial charge < -0.3 is 20.1 Å². The van der Waals surface area contributed by atoms with E-state index >= 15 is 0 Å². The molecule has 10 heteroatoms. The lowest BCUT2D eigenvalue weighted by molar-refractivity contribution is 0.310. The van der Waals surface area contributed by atoms with Gasteiger partial charge in [-0.2, -0.15) is 0 Å². The maximum absolute atomic E-state index is 11.8. The van der Waals surface area contributed by atoms with Gasteiger partial charge in [0.1, 0.15) is 0 Å². The van der Waals surface area contributed by atoms with Crippen LogP contribution in [0.25, 0.3) is 0 Å². The van der Waals surface area contributed by atoms with E-state index < -0.39 is 10.0 Å². The number of hydrogen-bond donors (Lipinski definition) is 2. The molecule has 0 bridgehead atoms. The molecule has 0 aliphatic carbocycles. The van der Waals surface area contributed by atoms with Crippen LogP contribution in [0.3, 0.4) is 0 Å². The summed E-state index contributed by atoms with van der Waals surface area (Å²) in [5, 5.41) is 6.43. The molecule has 0 atom stereocenters. The molecular weight excluding hydrogens is 507 g/mol. The normalized spacial score (nSPS) is 16.2. The maximum Gasteiger partial charge on any atom is 0.214 e. The third-order valence-electron chi connectivity index (χ3n) is 4.54. The van der Waals surface area contributed by atoms with Gasteiger partial charge in [0.2, 0.25) is 10.0 Å². The number of nitrogens with one attached hydrogen (secondary N) is 2. The summed E-state index contributed by atoms with van der Waals surface area (Å²) in [6.07, 6.45) is 2.55. The number of ether oxygens (including phenoxy) is 2. The van der Waals surface area contributed by atoms with Crippen LogP contribution in [-0.4, -0.2) is 71.4 Å². The molecule has 1 aliphatic rings. The van der Waals surface area contributed by atoms with E-state index in [4.69, 9.17) is 9.47 Å². The Balaban J connectivity index is 0.00000420. The average molecular weight is 540 g/mol. The zero-order chi connectivity index (χ0) is 20.4. The van der Waals surface area contributed by atoms with Gasteiger partial charge in [-0.25, -0.2) is 12.7 Å². The number of methoxy groups -OCH3 is 1. The van der Waals surface area contributed by atoms with Crippen LogP contribution in [0.1, 0.15) is 25.3 Å². The molecule has 2 N–H and O–H groups in total. The van der Waals surface area contributed by atoms with Gasteiger partial charge in [0.15, 0.2) is 17.5 Å². The second-order valence-electron chi connectivity index (χ2n) is 6.52. The molecule has 1 fully saturated rings. The lowest BCUT2D eigenvalue weighted by atomic mass is 10.1. The van der Waals surface area contributed by atoms with Crippen LogP contribution in [0.15, 0.2) is 23.2 Å². The fourth-order valence-corrected chi connectivity index (χ4v) is 4.64. The highest BCUT2D eigenvalue weighted by Gasteiger charge is 2.27. The molecule has 1 aromatic rings. The van der Waals surface area contributed by atoms with Crippen molar-refractivity contribution in [1.82, 2.24) is 14.9 Å². The number of aliphatic imine (C=N–C) groups is 1. The van der Waals surface area contributed by atoms with Crippen LogP contribution >= 0.6 is 24.0 Å². The van der Waals surface area contributed by atoms with E-state index in [0.29, 0.717) is 38.6 Å². The monoisotopic (exact) mass is 540 g/mol. The molecule has 1 aromatic carbocycles. The molecule has 1 aliphatic heterocycles. The van der Waals surface area contributed by atoms with Gasteiger partial charge in [0, 0.05) is 33.2 Å². The third-order valence-corrected chi connectivity index (χ3v) is 6.50. The Hall–Kier alpha value is -1.27. The van der Waals surface area contributed by atoms with Crippen LogP contribution < -0.4 is 20.1 Å². The summed E-state index contributed by atoms with van der Waals surface area (Å²) in [5.41, 5.74) is 1.19. The van der Waals surface area contributed by atoms with E-state index in [0.717, 1.165) is 30.9 Å². The van der Waals surface area contributed by atoms with Crippen molar-refractivity contribution in [2.75, 3.05) is 52.7 Å². The van der Waals surface area contributed by atoms with Gasteiger partial charge in [-0.3, -0.25) is 4.99 Å². The lowest BCUT2D eigenvalue weighted by Crippen LogP contribution is -2.42. The highest BCUT2D eigenvalue weighted by Crippen LogP contribution is 2.28. The fourth-order valence-electron chi connectivity index (χ4n) is 3.11. The first kappa shape index (κ1) is 25.8. The number of rotatable bonds is 10. The molecule has 1 heterocycles. The van der Waals surface area contributed by atoms with Gasteiger partial charge in [-0.1, -0.05) is 6.07 Å². The molecule has 2 rings (SSSR count). The summed E-state index contributed by atoms with van der Waals surface area (Å²) < 4.78 is 36.0. The number of guanidine groups is 1. The zero-order valence-corrected chi connectivity index (χ0v) is 20.6. The highest BCUT2D eigenvalue weighted by molar-refractivity contribution is 14.0. The minimum Gasteiger partial charge on any atom is -0.493 e. The lowest BCUT2D eigenvalue weighted by Gasteiger charge is -2.16. The number of sulfonamides is 1. The predicted molar refractivity (Wildman–Crippen MR) is 127 cm³/mol. The van der Waals surface area contributed by atoms with Gasteiger partial charge in [-0.05, 0) is 43.9 Å². The first-order valence-corrected chi connectivity index (χ1v) is 11.3. The fraction of sp³-hybridized carbons (Fsp3) is 0.632. The summed E-state index contributed by atoms with van der Waals surface area (Å²) in [6, 6.07) is 6.00. The highest BCUT2D eigenvalue weighted by atomic mass is 127. The number of nitrogens with zero attached hydrogens (tertiary/aromatic N) is 2. The molecule has 166 valence electrons. The number of halogens is 1. The minimum absolute atomic E-state index is 0. The van der Waals surface area contributed by atoms with Crippen LogP contribution in [-0.2, 0) is 16.4 Å². The quantitative estimate of drug-likeness (QED) is 0.204. The third kappa shape index (κ3) is 8.17. The van der Waals surface area contributed by atoms with E-state index in [2.05, 4.69) is 15.6 Å². The standard InChI is InChI=1S/C19H32N4O4S.HI/c1-4-27-18-15-16(8-9-17(18)26-3)7-5-10-21-19(20-2)22-11-13-23-12-6-14-28(23,24)25;/h8-9,15H,4-7,10-14H2,1-3H3,(H2,20,21,22);1H. The zero-order valence-electron chi connectivity index (χ0n) is 17.4.